The topological polar surface area (TPSA) is 37.3 Å². The maximum atomic E-state index is 10.5. The summed E-state index contributed by atoms with van der Waals surface area (Å²) in [7, 11) is 0. The molecule has 0 aliphatic carbocycles. The van der Waals surface area contributed by atoms with Crippen molar-refractivity contribution in [2.24, 2.45) is 0 Å². The van der Waals surface area contributed by atoms with Gasteiger partial charge in [0.2, 0.25) is 0 Å². The van der Waals surface area contributed by atoms with Crippen LogP contribution < -0.4 is 0 Å². The van der Waals surface area contributed by atoms with E-state index in [4.69, 9.17) is 5.11 Å². The molecule has 74 valence electrons. The van der Waals surface area contributed by atoms with E-state index in [9.17, 15) is 4.79 Å². The SMILES string of the molecule is O=C(O)Cc1ccc(C2CSC2)cc1. The van der Waals surface area contributed by atoms with Crippen LogP contribution >= 0.6 is 11.8 Å². The number of aliphatic carboxylic acids is 1. The Balaban J connectivity index is 2.05. The molecule has 0 aromatic heterocycles. The van der Waals surface area contributed by atoms with Gasteiger partial charge in [0, 0.05) is 17.4 Å². The van der Waals surface area contributed by atoms with Crippen molar-refractivity contribution in [3.05, 3.63) is 35.4 Å². The van der Waals surface area contributed by atoms with E-state index in [1.807, 2.05) is 23.9 Å². The number of thioether (sulfide) groups is 1. The van der Waals surface area contributed by atoms with E-state index in [2.05, 4.69) is 12.1 Å². The molecule has 3 heteroatoms. The van der Waals surface area contributed by atoms with Crippen molar-refractivity contribution in [3.63, 3.8) is 0 Å². The Labute approximate surface area is 87.3 Å². The zero-order valence-corrected chi connectivity index (χ0v) is 8.59. The fraction of sp³-hybridized carbons (Fsp3) is 0.364. The van der Waals surface area contributed by atoms with Crippen LogP contribution in [0.25, 0.3) is 0 Å². The third kappa shape index (κ3) is 2.10. The maximum absolute atomic E-state index is 10.5. The van der Waals surface area contributed by atoms with Gasteiger partial charge in [0.05, 0.1) is 6.42 Å². The summed E-state index contributed by atoms with van der Waals surface area (Å²) < 4.78 is 0. The Bertz CT molecular complexity index is 328. The van der Waals surface area contributed by atoms with Crippen molar-refractivity contribution in [2.45, 2.75) is 12.3 Å². The molecule has 0 bridgehead atoms. The van der Waals surface area contributed by atoms with Gasteiger partial charge in [0.1, 0.15) is 0 Å². The normalized spacial score (nSPS) is 16.3. The summed E-state index contributed by atoms with van der Waals surface area (Å²) in [6, 6.07) is 7.96. The number of carboxylic acid groups (broad SMARTS) is 1. The predicted molar refractivity (Wildman–Crippen MR) is 57.8 cm³/mol. The van der Waals surface area contributed by atoms with Crippen molar-refractivity contribution in [2.75, 3.05) is 11.5 Å². The van der Waals surface area contributed by atoms with Gasteiger partial charge in [-0.1, -0.05) is 24.3 Å². The van der Waals surface area contributed by atoms with Crippen LogP contribution in [-0.2, 0) is 11.2 Å². The van der Waals surface area contributed by atoms with Gasteiger partial charge in [-0.25, -0.2) is 0 Å². The van der Waals surface area contributed by atoms with Crippen molar-refractivity contribution in [1.29, 1.82) is 0 Å². The Kier molecular flexibility index (Phi) is 2.77. The summed E-state index contributed by atoms with van der Waals surface area (Å²) in [5.74, 6) is 2.34. The predicted octanol–water partition coefficient (Wildman–Crippen LogP) is 2.14. The Morgan fingerprint density at radius 2 is 2.00 bits per heavy atom. The molecule has 0 spiro atoms. The molecule has 1 heterocycles. The lowest BCUT2D eigenvalue weighted by molar-refractivity contribution is -0.136. The van der Waals surface area contributed by atoms with Crippen LogP contribution in [0, 0.1) is 0 Å². The van der Waals surface area contributed by atoms with Crippen LogP contribution in [0.4, 0.5) is 0 Å². The highest BCUT2D eigenvalue weighted by molar-refractivity contribution is 8.00. The highest BCUT2D eigenvalue weighted by Crippen LogP contribution is 2.33. The first-order valence-electron chi connectivity index (χ1n) is 4.64. The van der Waals surface area contributed by atoms with E-state index in [1.165, 1.54) is 17.1 Å². The number of hydrogen-bond acceptors (Lipinski definition) is 2. The second-order valence-corrected chi connectivity index (χ2v) is 4.62. The molecule has 1 saturated heterocycles. The molecular weight excluding hydrogens is 196 g/mol. The first-order valence-corrected chi connectivity index (χ1v) is 5.79. The monoisotopic (exact) mass is 208 g/mol. The van der Waals surface area contributed by atoms with Crippen molar-refractivity contribution < 1.29 is 9.90 Å². The summed E-state index contributed by atoms with van der Waals surface area (Å²) in [6.45, 7) is 0. The summed E-state index contributed by atoms with van der Waals surface area (Å²) in [5, 5.41) is 8.60. The van der Waals surface area contributed by atoms with Gasteiger partial charge < -0.3 is 5.11 Å². The fourth-order valence-electron chi connectivity index (χ4n) is 1.51. The number of carbonyl (C=O) groups is 1. The van der Waals surface area contributed by atoms with E-state index < -0.39 is 5.97 Å². The molecule has 1 N–H and O–H groups in total. The molecule has 1 aliphatic heterocycles. The largest absolute Gasteiger partial charge is 0.481 e. The van der Waals surface area contributed by atoms with E-state index >= 15 is 0 Å². The molecule has 1 aliphatic rings. The second-order valence-electron chi connectivity index (χ2n) is 3.55. The lowest BCUT2D eigenvalue weighted by Gasteiger charge is -2.25. The lowest BCUT2D eigenvalue weighted by Crippen LogP contribution is -2.15. The molecule has 2 rings (SSSR count). The van der Waals surface area contributed by atoms with Crippen molar-refractivity contribution in [3.8, 4) is 0 Å². The van der Waals surface area contributed by atoms with Gasteiger partial charge in [-0.15, -0.1) is 0 Å². The highest BCUT2D eigenvalue weighted by atomic mass is 32.2. The van der Waals surface area contributed by atoms with Gasteiger partial charge in [-0.3, -0.25) is 4.79 Å². The van der Waals surface area contributed by atoms with Crippen molar-refractivity contribution in [1.82, 2.24) is 0 Å². The summed E-state index contributed by atoms with van der Waals surface area (Å²) in [5.41, 5.74) is 2.23. The van der Waals surface area contributed by atoms with Gasteiger partial charge in [-0.05, 0) is 11.1 Å². The second kappa shape index (κ2) is 4.05. The van der Waals surface area contributed by atoms with E-state index in [-0.39, 0.29) is 6.42 Å². The minimum absolute atomic E-state index is 0.125. The van der Waals surface area contributed by atoms with E-state index in [0.717, 1.165) is 5.56 Å². The molecular formula is C11H12O2S. The zero-order valence-electron chi connectivity index (χ0n) is 7.77. The number of carboxylic acids is 1. The molecule has 0 unspecified atom stereocenters. The zero-order chi connectivity index (χ0) is 9.97. The highest BCUT2D eigenvalue weighted by Gasteiger charge is 2.19. The molecule has 1 fully saturated rings. The van der Waals surface area contributed by atoms with Gasteiger partial charge >= 0.3 is 5.97 Å². The van der Waals surface area contributed by atoms with E-state index in [0.29, 0.717) is 5.92 Å². The molecule has 0 radical (unpaired) electrons. The number of hydrogen-bond donors (Lipinski definition) is 1. The quantitative estimate of drug-likeness (QED) is 0.827. The van der Waals surface area contributed by atoms with Crippen LogP contribution in [0.15, 0.2) is 24.3 Å². The van der Waals surface area contributed by atoms with Gasteiger partial charge in [-0.2, -0.15) is 11.8 Å². The van der Waals surface area contributed by atoms with Crippen LogP contribution in [-0.4, -0.2) is 22.6 Å². The van der Waals surface area contributed by atoms with Crippen LogP contribution in [0.3, 0.4) is 0 Å². The summed E-state index contributed by atoms with van der Waals surface area (Å²) >= 11 is 1.96. The average Bonchev–Trinajstić information content (AvgIpc) is 2.04. The van der Waals surface area contributed by atoms with Crippen LogP contribution in [0.5, 0.6) is 0 Å². The smallest absolute Gasteiger partial charge is 0.307 e. The average molecular weight is 208 g/mol. The third-order valence-electron chi connectivity index (χ3n) is 2.44. The molecule has 1 aromatic carbocycles. The molecule has 1 aromatic rings. The number of rotatable bonds is 3. The lowest BCUT2D eigenvalue weighted by atomic mass is 10.00. The summed E-state index contributed by atoms with van der Waals surface area (Å²) in [4.78, 5) is 10.5. The van der Waals surface area contributed by atoms with E-state index in [1.54, 1.807) is 0 Å². The first-order chi connectivity index (χ1) is 6.75. The molecule has 0 atom stereocenters. The van der Waals surface area contributed by atoms with Crippen LogP contribution in [0.1, 0.15) is 17.0 Å². The molecule has 14 heavy (non-hydrogen) atoms. The summed E-state index contributed by atoms with van der Waals surface area (Å²) in [6.07, 6.45) is 0.125. The molecule has 0 saturated carbocycles. The standard InChI is InChI=1S/C11H12O2S/c12-11(13)5-8-1-3-9(4-2-8)10-6-14-7-10/h1-4,10H,5-7H2,(H,12,13). The Hall–Kier alpha value is -0.960. The number of benzene rings is 1. The molecule has 0 amide bonds. The van der Waals surface area contributed by atoms with Crippen molar-refractivity contribution >= 4 is 17.7 Å². The Morgan fingerprint density at radius 3 is 2.43 bits per heavy atom. The van der Waals surface area contributed by atoms with Gasteiger partial charge in [0.15, 0.2) is 0 Å². The first kappa shape index (κ1) is 9.59. The molecule has 2 nitrogen and oxygen atoms in total. The minimum Gasteiger partial charge on any atom is -0.481 e. The van der Waals surface area contributed by atoms with Crippen LogP contribution in [0.2, 0.25) is 0 Å². The maximum Gasteiger partial charge on any atom is 0.307 e. The third-order valence-corrected chi connectivity index (χ3v) is 3.72. The fourth-order valence-corrected chi connectivity index (χ4v) is 2.37. The minimum atomic E-state index is -0.767. The van der Waals surface area contributed by atoms with Gasteiger partial charge in [0.25, 0.3) is 0 Å². The Morgan fingerprint density at radius 1 is 1.36 bits per heavy atom.